The van der Waals surface area contributed by atoms with E-state index in [0.29, 0.717) is 0 Å². The second kappa shape index (κ2) is 17.2. The van der Waals surface area contributed by atoms with Crippen molar-refractivity contribution in [1.82, 2.24) is 4.91 Å². The maximum Gasteiger partial charge on any atom is 0.303 e. The van der Waals surface area contributed by atoms with Gasteiger partial charge in [-0.1, -0.05) is 0 Å². The molecule has 256 valence electrons. The van der Waals surface area contributed by atoms with Gasteiger partial charge >= 0.3 is 41.8 Å². The number of hydrogen-bond acceptors (Lipinski definition) is 19. The van der Waals surface area contributed by atoms with Gasteiger partial charge in [-0.15, -0.1) is 0 Å². The highest BCUT2D eigenvalue weighted by Gasteiger charge is 2.58. The zero-order valence-electron chi connectivity index (χ0n) is 26.0. The monoisotopic (exact) mass is 662 g/mol. The first-order valence-corrected chi connectivity index (χ1v) is 13.7. The molecule has 0 aromatic carbocycles. The molecule has 2 aliphatic rings. The average molecular weight is 663 g/mol. The fourth-order valence-corrected chi connectivity index (χ4v) is 4.64. The molecule has 0 saturated carbocycles. The van der Waals surface area contributed by atoms with Crippen molar-refractivity contribution in [3.63, 3.8) is 0 Å². The van der Waals surface area contributed by atoms with Crippen LogP contribution in [0, 0.1) is 5.53 Å². The maximum absolute atomic E-state index is 12.3. The number of ether oxygens (including phenoxy) is 10. The Bertz CT molecular complexity index is 1220. The Morgan fingerprint density at radius 2 is 0.935 bits per heavy atom. The summed E-state index contributed by atoms with van der Waals surface area (Å²) in [6.45, 7) is 6.14. The van der Waals surface area contributed by atoms with Crippen LogP contribution in [0.5, 0.6) is 0 Å². The number of rotatable bonds is 12. The highest BCUT2D eigenvalue weighted by Crippen LogP contribution is 2.35. The van der Waals surface area contributed by atoms with E-state index in [1.54, 1.807) is 0 Å². The lowest BCUT2D eigenvalue weighted by molar-refractivity contribution is -0.344. The van der Waals surface area contributed by atoms with E-state index in [1.807, 2.05) is 0 Å². The number of hydrogen-bond donors (Lipinski definition) is 1. The van der Waals surface area contributed by atoms with Crippen LogP contribution in [0.1, 0.15) is 48.5 Å². The Morgan fingerprint density at radius 1 is 0.543 bits per heavy atom. The molecule has 2 heterocycles. The molecular formula is C26H36N3O17+. The van der Waals surface area contributed by atoms with Gasteiger partial charge in [-0.05, 0) is 0 Å². The summed E-state index contributed by atoms with van der Waals surface area (Å²) in [4.78, 5) is 87.0. The smallest absolute Gasteiger partial charge is 0.303 e. The number of carbonyl (C=O) groups is 7. The van der Waals surface area contributed by atoms with Crippen LogP contribution in [-0.4, -0.2) is 116 Å². The predicted octanol–water partition coefficient (Wildman–Crippen LogP) is -0.844. The zero-order chi connectivity index (χ0) is 34.7. The third kappa shape index (κ3) is 11.1. The van der Waals surface area contributed by atoms with Gasteiger partial charge in [-0.3, -0.25) is 33.6 Å². The predicted molar refractivity (Wildman–Crippen MR) is 141 cm³/mol. The van der Waals surface area contributed by atoms with E-state index in [2.05, 4.69) is 10.0 Å². The minimum Gasteiger partial charge on any atom is -0.463 e. The topological polar surface area (TPSA) is 262 Å². The molecule has 10 atom stereocenters. The van der Waals surface area contributed by atoms with Gasteiger partial charge in [0.25, 0.3) is 6.23 Å². The molecule has 2 fully saturated rings. The maximum atomic E-state index is 12.3. The highest BCUT2D eigenvalue weighted by atomic mass is 16.8. The summed E-state index contributed by atoms with van der Waals surface area (Å²) < 4.78 is 55.0. The first kappa shape index (κ1) is 37.7. The van der Waals surface area contributed by atoms with Crippen LogP contribution in [-0.2, 0) is 80.9 Å². The van der Waals surface area contributed by atoms with Crippen LogP contribution >= 0.6 is 0 Å². The molecular weight excluding hydrogens is 626 g/mol. The Hall–Kier alpha value is -4.52. The van der Waals surface area contributed by atoms with Gasteiger partial charge in [-0.2, -0.15) is 0 Å². The lowest BCUT2D eigenvalue weighted by Crippen LogP contribution is -2.67. The van der Waals surface area contributed by atoms with Crippen molar-refractivity contribution in [2.45, 2.75) is 110 Å². The quantitative estimate of drug-likeness (QED) is 0.115. The number of carbonyl (C=O) groups excluding carboxylic acids is 7. The molecule has 20 nitrogen and oxygen atoms in total. The van der Waals surface area contributed by atoms with Gasteiger partial charge in [0.15, 0.2) is 41.9 Å². The zero-order valence-corrected chi connectivity index (χ0v) is 26.0. The van der Waals surface area contributed by atoms with Gasteiger partial charge < -0.3 is 47.4 Å². The Morgan fingerprint density at radius 3 is 1.37 bits per heavy atom. The van der Waals surface area contributed by atoms with Crippen LogP contribution < -0.4 is 4.91 Å². The third-order valence-electron chi connectivity index (χ3n) is 6.08. The normalized spacial score (nSPS) is 30.3. The second-order valence-electron chi connectivity index (χ2n) is 9.90. The Labute approximate surface area is 261 Å². The van der Waals surface area contributed by atoms with Gasteiger partial charge in [0.2, 0.25) is 4.91 Å². The van der Waals surface area contributed by atoms with Gasteiger partial charge in [-0.25, -0.2) is 0 Å². The minimum atomic E-state index is -1.81. The van der Waals surface area contributed by atoms with Crippen LogP contribution in [0.2, 0.25) is 0 Å². The second-order valence-corrected chi connectivity index (χ2v) is 9.90. The molecule has 0 spiro atoms. The first-order chi connectivity index (χ1) is 21.5. The molecule has 0 bridgehead atoms. The van der Waals surface area contributed by atoms with Crippen LogP contribution in [0.4, 0.5) is 0 Å². The van der Waals surface area contributed by atoms with Crippen molar-refractivity contribution < 1.29 is 80.9 Å². The molecule has 2 aliphatic heterocycles. The molecule has 2 rings (SSSR count). The molecule has 2 saturated heterocycles. The Kier molecular flexibility index (Phi) is 14.1. The summed E-state index contributed by atoms with van der Waals surface area (Å²) >= 11 is 0. The van der Waals surface area contributed by atoms with Crippen LogP contribution in [0.25, 0.3) is 0 Å². The SMILES string of the molecule is CC(=O)OC[C@@H]1O[C@H](O[C@@H]2[C@H](OC(C)=O)[C@H](OC(C)=O)[C@H](N=[N+]=N)O[C@@H]2COC(C)=O)[C@H](OC(C)=O)[C@H](OC(C)=O)[C@@H]1OC(C)=O. The highest BCUT2D eigenvalue weighted by molar-refractivity contribution is 5.69. The van der Waals surface area contributed by atoms with Gasteiger partial charge in [0.1, 0.15) is 37.1 Å². The van der Waals surface area contributed by atoms with Crippen molar-refractivity contribution in [3.8, 4) is 0 Å². The first-order valence-electron chi connectivity index (χ1n) is 13.7. The minimum absolute atomic E-state index is 0.578. The van der Waals surface area contributed by atoms with Crippen molar-refractivity contribution in [1.29, 1.82) is 5.53 Å². The van der Waals surface area contributed by atoms with E-state index in [1.165, 1.54) is 0 Å². The van der Waals surface area contributed by atoms with Crippen molar-refractivity contribution in [3.05, 3.63) is 0 Å². The molecule has 1 N–H and O–H groups in total. The summed E-state index contributed by atoms with van der Waals surface area (Å²) in [6, 6.07) is 0. The largest absolute Gasteiger partial charge is 0.463 e. The van der Waals surface area contributed by atoms with Crippen LogP contribution in [0.3, 0.4) is 0 Å². The van der Waals surface area contributed by atoms with Crippen molar-refractivity contribution >= 4 is 41.8 Å². The molecule has 0 radical (unpaired) electrons. The summed E-state index contributed by atoms with van der Waals surface area (Å²) in [5, 5.41) is 3.57. The molecule has 0 unspecified atom stereocenters. The number of nitrogens with one attached hydrogen (secondary N) is 1. The van der Waals surface area contributed by atoms with E-state index in [4.69, 9.17) is 52.9 Å². The summed E-state index contributed by atoms with van der Waals surface area (Å²) in [5.41, 5.74) is 7.17. The fourth-order valence-electron chi connectivity index (χ4n) is 4.64. The Balaban J connectivity index is 2.73. The average Bonchev–Trinajstić information content (AvgIpc) is 2.91. The van der Waals surface area contributed by atoms with E-state index in [9.17, 15) is 33.6 Å². The molecule has 20 heteroatoms. The van der Waals surface area contributed by atoms with Gasteiger partial charge in [0.05, 0.1) is 0 Å². The molecule has 46 heavy (non-hydrogen) atoms. The third-order valence-corrected chi connectivity index (χ3v) is 6.08. The van der Waals surface area contributed by atoms with E-state index >= 15 is 0 Å². The molecule has 0 aromatic rings. The number of nitrogens with zero attached hydrogens (tertiary/aromatic N) is 2. The summed E-state index contributed by atoms with van der Waals surface area (Å²) in [6.07, 6.45) is -15.9. The molecule has 0 aromatic heterocycles. The van der Waals surface area contributed by atoms with Crippen molar-refractivity contribution in [2.24, 2.45) is 5.11 Å². The number of esters is 7. The van der Waals surface area contributed by atoms with Gasteiger partial charge in [0, 0.05) is 48.5 Å². The lowest BCUT2D eigenvalue weighted by atomic mass is 9.95. The van der Waals surface area contributed by atoms with E-state index in [-0.39, 0.29) is 0 Å². The van der Waals surface area contributed by atoms with E-state index in [0.717, 1.165) is 48.5 Å². The lowest BCUT2D eigenvalue weighted by Gasteiger charge is -2.47. The summed E-state index contributed by atoms with van der Waals surface area (Å²) in [7, 11) is 0. The molecule has 0 amide bonds. The fraction of sp³-hybridized carbons (Fsp3) is 0.731. The van der Waals surface area contributed by atoms with E-state index < -0.39 is 116 Å². The molecule has 0 aliphatic carbocycles. The summed E-state index contributed by atoms with van der Waals surface area (Å²) in [5.74, 6) is -6.02. The van der Waals surface area contributed by atoms with Crippen LogP contribution in [0.15, 0.2) is 5.11 Å². The standard InChI is InChI=1S/C26H36N3O17/c1-10(30)37-8-17-20(21(40-13(4)33)23(42-15(6)35)25(44-17)28-29-27)46-26-24(43-16(7)36)22(41-14(5)34)19(39-12(3)32)18(45-26)9-38-11(2)31/h17-27H,8-9H2,1-7H3/q+1/t17-,18+,19-,20+,21+,22-,23+,24-,25-,26-/m1/s1. The van der Waals surface area contributed by atoms with Crippen molar-refractivity contribution in [2.75, 3.05) is 13.2 Å².